The van der Waals surface area contributed by atoms with Crippen molar-refractivity contribution in [3.8, 4) is 0 Å². The van der Waals surface area contributed by atoms with Gasteiger partial charge in [0.15, 0.2) is 0 Å². The van der Waals surface area contributed by atoms with Gasteiger partial charge in [0, 0.05) is 6.42 Å². The van der Waals surface area contributed by atoms with E-state index in [9.17, 15) is 4.79 Å². The minimum atomic E-state index is -0.115. The summed E-state index contributed by atoms with van der Waals surface area (Å²) < 4.78 is 0. The molecule has 1 amide bonds. The van der Waals surface area contributed by atoms with Gasteiger partial charge in [0.25, 0.3) is 0 Å². The molecule has 0 saturated heterocycles. The first-order chi connectivity index (χ1) is 7.13. The van der Waals surface area contributed by atoms with Crippen LogP contribution in [0.4, 0.5) is 0 Å². The van der Waals surface area contributed by atoms with Crippen molar-refractivity contribution in [3.05, 3.63) is 0 Å². The van der Waals surface area contributed by atoms with E-state index in [0.29, 0.717) is 17.8 Å². The Morgan fingerprint density at radius 1 is 1.27 bits per heavy atom. The van der Waals surface area contributed by atoms with Crippen LogP contribution in [0.2, 0.25) is 0 Å². The highest BCUT2D eigenvalue weighted by Crippen LogP contribution is 2.56. The fourth-order valence-electron chi connectivity index (χ4n) is 3.64. The molecular weight excluding hydrogens is 186 g/mol. The highest BCUT2D eigenvalue weighted by Gasteiger charge is 2.44. The van der Waals surface area contributed by atoms with Crippen LogP contribution in [-0.4, -0.2) is 5.91 Å². The quantitative estimate of drug-likeness (QED) is 0.763. The number of amides is 1. The number of rotatable bonds is 3. The van der Waals surface area contributed by atoms with Crippen LogP contribution >= 0.6 is 0 Å². The number of hydrogen-bond donors (Lipinski definition) is 1. The summed E-state index contributed by atoms with van der Waals surface area (Å²) in [6, 6.07) is 0. The molecule has 2 nitrogen and oxygen atoms in total. The van der Waals surface area contributed by atoms with Crippen molar-refractivity contribution in [2.45, 2.75) is 58.3 Å². The predicted molar refractivity (Wildman–Crippen MR) is 61.2 cm³/mol. The Labute approximate surface area is 92.6 Å². The van der Waals surface area contributed by atoms with E-state index in [1.165, 1.54) is 44.9 Å². The molecule has 0 heterocycles. The van der Waals surface area contributed by atoms with Gasteiger partial charge in [-0.3, -0.25) is 4.79 Å². The molecule has 0 radical (unpaired) electrons. The molecule has 2 fully saturated rings. The Morgan fingerprint density at radius 2 is 1.87 bits per heavy atom. The normalized spacial score (nSPS) is 40.1. The first-order valence-corrected chi connectivity index (χ1v) is 6.42. The third-order valence-corrected chi connectivity index (χ3v) is 4.68. The molecule has 0 aromatic heterocycles. The van der Waals surface area contributed by atoms with Crippen LogP contribution in [0.1, 0.15) is 58.3 Å². The number of primary amides is 1. The van der Waals surface area contributed by atoms with Crippen LogP contribution in [0.15, 0.2) is 0 Å². The Hall–Kier alpha value is -0.530. The molecular formula is C13H23NO. The minimum absolute atomic E-state index is 0.115. The third kappa shape index (κ3) is 2.35. The second-order valence-corrected chi connectivity index (χ2v) is 5.80. The minimum Gasteiger partial charge on any atom is -0.370 e. The first kappa shape index (κ1) is 11.0. The van der Waals surface area contributed by atoms with E-state index >= 15 is 0 Å². The molecule has 2 saturated carbocycles. The fraction of sp³-hybridized carbons (Fsp3) is 0.923. The summed E-state index contributed by atoms with van der Waals surface area (Å²) in [6.07, 6.45) is 10.0. The van der Waals surface area contributed by atoms with Crippen molar-refractivity contribution in [1.82, 2.24) is 0 Å². The molecule has 0 bridgehead atoms. The van der Waals surface area contributed by atoms with Crippen LogP contribution < -0.4 is 5.73 Å². The van der Waals surface area contributed by atoms with Crippen LogP contribution in [0.25, 0.3) is 0 Å². The van der Waals surface area contributed by atoms with Gasteiger partial charge in [-0.05, 0) is 55.8 Å². The predicted octanol–water partition coefficient (Wildman–Crippen LogP) is 2.86. The molecule has 2 heteroatoms. The molecule has 86 valence electrons. The second kappa shape index (κ2) is 4.15. The number of hydrogen-bond acceptors (Lipinski definition) is 1. The molecule has 0 unspecified atom stereocenters. The molecule has 0 atom stereocenters. The van der Waals surface area contributed by atoms with Crippen molar-refractivity contribution in [2.24, 2.45) is 23.0 Å². The molecule has 1 spiro atoms. The summed E-state index contributed by atoms with van der Waals surface area (Å²) >= 11 is 0. The average Bonchev–Trinajstić information content (AvgIpc) is 2.15. The van der Waals surface area contributed by atoms with Crippen LogP contribution in [0.3, 0.4) is 0 Å². The van der Waals surface area contributed by atoms with E-state index in [1.807, 2.05) is 0 Å². The van der Waals surface area contributed by atoms with Crippen molar-refractivity contribution in [3.63, 3.8) is 0 Å². The zero-order valence-corrected chi connectivity index (χ0v) is 9.80. The number of carbonyl (C=O) groups is 1. The lowest BCUT2D eigenvalue weighted by Gasteiger charge is -2.51. The summed E-state index contributed by atoms with van der Waals surface area (Å²) in [5.74, 6) is 1.47. The van der Waals surface area contributed by atoms with E-state index in [1.54, 1.807) is 0 Å². The third-order valence-electron chi connectivity index (χ3n) is 4.68. The number of carbonyl (C=O) groups excluding carboxylic acids is 1. The van der Waals surface area contributed by atoms with E-state index < -0.39 is 0 Å². The topological polar surface area (TPSA) is 43.1 Å². The zero-order chi connectivity index (χ0) is 10.9. The SMILES string of the molecule is CCC1CC2(CCC(CC(N)=O)CC2)C1. The van der Waals surface area contributed by atoms with Crippen molar-refractivity contribution < 1.29 is 4.79 Å². The average molecular weight is 209 g/mol. The van der Waals surface area contributed by atoms with E-state index in [0.717, 1.165) is 5.92 Å². The zero-order valence-electron chi connectivity index (χ0n) is 9.80. The van der Waals surface area contributed by atoms with E-state index in [4.69, 9.17) is 5.73 Å². The monoisotopic (exact) mass is 209 g/mol. The lowest BCUT2D eigenvalue weighted by Crippen LogP contribution is -2.40. The Balaban J connectivity index is 1.76. The fourth-order valence-corrected chi connectivity index (χ4v) is 3.64. The second-order valence-electron chi connectivity index (χ2n) is 5.80. The van der Waals surface area contributed by atoms with Gasteiger partial charge < -0.3 is 5.73 Å². The van der Waals surface area contributed by atoms with E-state index in [2.05, 4.69) is 6.92 Å². The highest BCUT2D eigenvalue weighted by atomic mass is 16.1. The Morgan fingerprint density at radius 3 is 2.33 bits per heavy atom. The summed E-state index contributed by atoms with van der Waals surface area (Å²) in [6.45, 7) is 2.30. The highest BCUT2D eigenvalue weighted by molar-refractivity contribution is 5.73. The maximum absolute atomic E-state index is 10.8. The Kier molecular flexibility index (Phi) is 3.03. The molecule has 15 heavy (non-hydrogen) atoms. The molecule has 2 N–H and O–H groups in total. The summed E-state index contributed by atoms with van der Waals surface area (Å²) in [7, 11) is 0. The number of nitrogens with two attached hydrogens (primary N) is 1. The molecule has 0 aliphatic heterocycles. The Bertz CT molecular complexity index is 233. The van der Waals surface area contributed by atoms with Crippen LogP contribution in [-0.2, 0) is 4.79 Å². The van der Waals surface area contributed by atoms with Gasteiger partial charge in [-0.1, -0.05) is 13.3 Å². The van der Waals surface area contributed by atoms with Gasteiger partial charge in [0.2, 0.25) is 5.91 Å². The lowest BCUT2D eigenvalue weighted by molar-refractivity contribution is -0.119. The lowest BCUT2D eigenvalue weighted by atomic mass is 9.54. The summed E-state index contributed by atoms with van der Waals surface area (Å²) in [5.41, 5.74) is 5.93. The van der Waals surface area contributed by atoms with Crippen LogP contribution in [0, 0.1) is 17.3 Å². The molecule has 2 aliphatic rings. The largest absolute Gasteiger partial charge is 0.370 e. The van der Waals surface area contributed by atoms with Crippen molar-refractivity contribution >= 4 is 5.91 Å². The van der Waals surface area contributed by atoms with Gasteiger partial charge in [-0.15, -0.1) is 0 Å². The smallest absolute Gasteiger partial charge is 0.217 e. The van der Waals surface area contributed by atoms with Gasteiger partial charge in [0.05, 0.1) is 0 Å². The molecule has 0 aromatic rings. The van der Waals surface area contributed by atoms with Gasteiger partial charge in [-0.25, -0.2) is 0 Å². The van der Waals surface area contributed by atoms with Crippen LogP contribution in [0.5, 0.6) is 0 Å². The van der Waals surface area contributed by atoms with Crippen molar-refractivity contribution in [1.29, 1.82) is 0 Å². The van der Waals surface area contributed by atoms with E-state index in [-0.39, 0.29) is 5.91 Å². The maximum atomic E-state index is 10.8. The summed E-state index contributed by atoms with van der Waals surface area (Å²) in [4.78, 5) is 10.8. The molecule has 0 aromatic carbocycles. The molecule has 2 aliphatic carbocycles. The van der Waals surface area contributed by atoms with Gasteiger partial charge in [0.1, 0.15) is 0 Å². The first-order valence-electron chi connectivity index (χ1n) is 6.42. The van der Waals surface area contributed by atoms with Gasteiger partial charge in [-0.2, -0.15) is 0 Å². The maximum Gasteiger partial charge on any atom is 0.217 e. The summed E-state index contributed by atoms with van der Waals surface area (Å²) in [5, 5.41) is 0. The molecule has 2 rings (SSSR count). The van der Waals surface area contributed by atoms with Gasteiger partial charge >= 0.3 is 0 Å². The standard InChI is InChI=1S/C13H23NO/c1-2-10-8-13(9-10)5-3-11(4-6-13)7-12(14)15/h10-11H,2-9H2,1H3,(H2,14,15). The van der Waals surface area contributed by atoms with Crippen molar-refractivity contribution in [2.75, 3.05) is 0 Å².